The van der Waals surface area contributed by atoms with Crippen molar-refractivity contribution in [2.24, 2.45) is 10.7 Å². The third-order valence-electron chi connectivity index (χ3n) is 5.10. The highest BCUT2D eigenvalue weighted by Crippen LogP contribution is 2.41. The van der Waals surface area contributed by atoms with Crippen LogP contribution < -0.4 is 15.8 Å². The monoisotopic (exact) mass is 530 g/mol. The summed E-state index contributed by atoms with van der Waals surface area (Å²) < 4.78 is 20.3. The maximum Gasteiger partial charge on any atom is 0.193 e. The van der Waals surface area contributed by atoms with Crippen LogP contribution in [0.3, 0.4) is 0 Å². The molecule has 7 nitrogen and oxygen atoms in total. The molecule has 7 N–H and O–H groups in total. The highest BCUT2D eigenvalue weighted by Gasteiger charge is 2.16. The Hall–Kier alpha value is -3.66. The summed E-state index contributed by atoms with van der Waals surface area (Å²) in [4.78, 5) is 8.87. The van der Waals surface area contributed by atoms with Crippen molar-refractivity contribution in [1.82, 2.24) is 4.98 Å². The van der Waals surface area contributed by atoms with E-state index in [4.69, 9.17) is 10.5 Å². The second-order valence-corrected chi connectivity index (χ2v) is 8.59. The van der Waals surface area contributed by atoms with Gasteiger partial charge in [0.15, 0.2) is 11.7 Å². The summed E-state index contributed by atoms with van der Waals surface area (Å²) in [5.41, 5.74) is 8.82. The van der Waals surface area contributed by atoms with E-state index < -0.39 is 5.82 Å². The molecule has 0 bridgehead atoms. The van der Waals surface area contributed by atoms with Crippen LogP contribution in [-0.4, -0.2) is 21.9 Å². The molecule has 37 heavy (non-hydrogen) atoms. The van der Waals surface area contributed by atoms with Crippen molar-refractivity contribution < 1.29 is 22.9 Å². The second-order valence-electron chi connectivity index (χ2n) is 8.11. The molecule has 0 unspecified atom stereocenters. The van der Waals surface area contributed by atoms with Gasteiger partial charge in [0, 0.05) is 19.3 Å². The van der Waals surface area contributed by atoms with Gasteiger partial charge in [0.05, 0.1) is 17.9 Å². The number of anilines is 1. The van der Waals surface area contributed by atoms with Crippen LogP contribution >= 0.6 is 12.6 Å². The molecule has 0 aliphatic carbocycles. The van der Waals surface area contributed by atoms with Crippen molar-refractivity contribution in [3.8, 4) is 11.5 Å². The van der Waals surface area contributed by atoms with Crippen LogP contribution in [0, 0.1) is 19.7 Å². The fourth-order valence-electron chi connectivity index (χ4n) is 3.38. The highest BCUT2D eigenvalue weighted by molar-refractivity contribution is 7.80. The summed E-state index contributed by atoms with van der Waals surface area (Å²) in [5.74, 6) is 1.04. The zero-order valence-electron chi connectivity index (χ0n) is 21.5. The largest absolute Gasteiger partial charge is 0.454 e. The number of benzene rings is 3. The fraction of sp³-hybridized carbons (Fsp3) is 0.214. The summed E-state index contributed by atoms with van der Waals surface area (Å²) in [6.07, 6.45) is 2.77. The molecular formula is C28H39FN4O3S. The zero-order chi connectivity index (χ0) is 25.4. The second kappa shape index (κ2) is 14.8. The fourth-order valence-corrected chi connectivity index (χ4v) is 3.61. The van der Waals surface area contributed by atoms with Gasteiger partial charge in [-0.3, -0.25) is 4.98 Å². The number of thiol groups is 1. The van der Waals surface area contributed by atoms with E-state index in [0.29, 0.717) is 16.3 Å². The molecule has 4 aromatic rings. The SMILES string of the molecule is CCC.Cc1ccc(S)c(NC(N)=NCc2ncccc2F)c1Oc1c(C)ccc2ccccc12.O.O.[HH].[HH]. The minimum atomic E-state index is -0.426. The van der Waals surface area contributed by atoms with Gasteiger partial charge in [-0.25, -0.2) is 9.38 Å². The van der Waals surface area contributed by atoms with E-state index in [9.17, 15) is 4.39 Å². The molecule has 3 aromatic carbocycles. The quantitative estimate of drug-likeness (QED) is 0.159. The Morgan fingerprint density at radius 1 is 1.00 bits per heavy atom. The molecule has 0 aliphatic heterocycles. The maximum absolute atomic E-state index is 13.8. The first-order valence-electron chi connectivity index (χ1n) is 11.5. The standard InChI is InChI=1S/C25H23FN4OS.C3H8.2H2O.2H2/c1-15-9-11-17-6-3-4-7-18(17)23(15)31-24-16(2)10-12-21(32)22(24)30-25(27)29-14-20-19(26)8-5-13-28-20;1-3-2;;;;/h3-13,32H,14H2,1-2H3,(H3,27,29,30);3H2,1-2H3;2*1H2;2*1H. The van der Waals surface area contributed by atoms with Gasteiger partial charge < -0.3 is 26.7 Å². The number of guanidine groups is 1. The normalized spacial score (nSPS) is 10.5. The average Bonchev–Trinajstić information content (AvgIpc) is 2.85. The van der Waals surface area contributed by atoms with Crippen LogP contribution in [0.1, 0.15) is 39.9 Å². The molecule has 0 saturated carbocycles. The van der Waals surface area contributed by atoms with Gasteiger partial charge >= 0.3 is 0 Å². The molecule has 0 atom stereocenters. The van der Waals surface area contributed by atoms with E-state index in [1.807, 2.05) is 56.3 Å². The molecule has 0 aliphatic rings. The first kappa shape index (κ1) is 31.4. The predicted molar refractivity (Wildman–Crippen MR) is 158 cm³/mol. The van der Waals surface area contributed by atoms with Gasteiger partial charge in [0.1, 0.15) is 11.6 Å². The van der Waals surface area contributed by atoms with Crippen molar-refractivity contribution in [3.05, 3.63) is 89.5 Å². The molecular weight excluding hydrogens is 491 g/mol. The lowest BCUT2D eigenvalue weighted by Crippen LogP contribution is -2.23. The Balaban J connectivity index is 0. The van der Waals surface area contributed by atoms with E-state index in [1.165, 1.54) is 24.8 Å². The first-order valence-corrected chi connectivity index (χ1v) is 12.0. The van der Waals surface area contributed by atoms with Crippen LogP contribution in [0.25, 0.3) is 10.8 Å². The van der Waals surface area contributed by atoms with E-state index >= 15 is 0 Å². The number of rotatable bonds is 5. The minimum absolute atomic E-state index is 0. The number of fused-ring (bicyclic) bond motifs is 1. The van der Waals surface area contributed by atoms with Gasteiger partial charge in [-0.15, -0.1) is 12.6 Å². The Labute approximate surface area is 225 Å². The smallest absolute Gasteiger partial charge is 0.193 e. The average molecular weight is 531 g/mol. The first-order chi connectivity index (χ1) is 16.8. The summed E-state index contributed by atoms with van der Waals surface area (Å²) in [6, 6.07) is 18.8. The Morgan fingerprint density at radius 2 is 1.65 bits per heavy atom. The molecule has 1 heterocycles. The lowest BCUT2D eigenvalue weighted by molar-refractivity contribution is 0.482. The number of nitrogens with zero attached hydrogens (tertiary/aromatic N) is 2. The van der Waals surface area contributed by atoms with Crippen LogP contribution in [-0.2, 0) is 6.54 Å². The van der Waals surface area contributed by atoms with Crippen molar-refractivity contribution in [2.45, 2.75) is 45.6 Å². The van der Waals surface area contributed by atoms with E-state index in [0.717, 1.165) is 27.6 Å². The Kier molecular flexibility index (Phi) is 12.5. The third kappa shape index (κ3) is 7.91. The van der Waals surface area contributed by atoms with Crippen LogP contribution in [0.4, 0.5) is 10.1 Å². The molecule has 202 valence electrons. The van der Waals surface area contributed by atoms with Crippen molar-refractivity contribution in [3.63, 3.8) is 0 Å². The van der Waals surface area contributed by atoms with E-state index in [-0.39, 0.29) is 32.0 Å². The number of nitrogens with two attached hydrogens (primary N) is 1. The number of aryl methyl sites for hydroxylation is 2. The van der Waals surface area contributed by atoms with Crippen LogP contribution in [0.2, 0.25) is 0 Å². The molecule has 0 radical (unpaired) electrons. The van der Waals surface area contributed by atoms with Crippen molar-refractivity contribution in [1.29, 1.82) is 0 Å². The lowest BCUT2D eigenvalue weighted by atomic mass is 10.1. The Bertz CT molecular complexity index is 1360. The molecule has 4 rings (SSSR count). The highest BCUT2D eigenvalue weighted by atomic mass is 32.1. The summed E-state index contributed by atoms with van der Waals surface area (Å²) >= 11 is 4.58. The van der Waals surface area contributed by atoms with E-state index in [1.54, 1.807) is 0 Å². The van der Waals surface area contributed by atoms with Crippen LogP contribution in [0.5, 0.6) is 11.5 Å². The number of pyridine rings is 1. The van der Waals surface area contributed by atoms with Crippen LogP contribution in [0.15, 0.2) is 76.7 Å². The maximum atomic E-state index is 13.8. The topological polar surface area (TPSA) is 136 Å². The summed E-state index contributed by atoms with van der Waals surface area (Å²) in [6.45, 7) is 8.22. The van der Waals surface area contributed by atoms with Gasteiger partial charge in [0.2, 0.25) is 0 Å². The van der Waals surface area contributed by atoms with Gasteiger partial charge in [-0.1, -0.05) is 62.7 Å². The summed E-state index contributed by atoms with van der Waals surface area (Å²) in [5, 5.41) is 5.17. The predicted octanol–water partition coefficient (Wildman–Crippen LogP) is 6.26. The minimum Gasteiger partial charge on any atom is -0.454 e. The molecule has 0 spiro atoms. The lowest BCUT2D eigenvalue weighted by Gasteiger charge is -2.19. The number of aromatic nitrogens is 1. The molecule has 0 amide bonds. The molecule has 9 heteroatoms. The Morgan fingerprint density at radius 3 is 2.35 bits per heavy atom. The van der Waals surface area contributed by atoms with Crippen molar-refractivity contribution in [2.75, 3.05) is 5.32 Å². The number of aliphatic imine (C=N–C) groups is 1. The van der Waals surface area contributed by atoms with Gasteiger partial charge in [-0.2, -0.15) is 0 Å². The van der Waals surface area contributed by atoms with Crippen molar-refractivity contribution >= 4 is 35.0 Å². The number of ether oxygens (including phenoxy) is 1. The number of hydrogen-bond donors (Lipinski definition) is 3. The molecule has 0 saturated heterocycles. The zero-order valence-corrected chi connectivity index (χ0v) is 22.4. The number of halogens is 1. The number of nitrogens with one attached hydrogen (secondary N) is 1. The third-order valence-corrected chi connectivity index (χ3v) is 5.47. The van der Waals surface area contributed by atoms with E-state index in [2.05, 4.69) is 47.8 Å². The number of hydrogen-bond acceptors (Lipinski definition) is 4. The molecule has 1 aromatic heterocycles. The van der Waals surface area contributed by atoms with Gasteiger partial charge in [-0.05, 0) is 48.6 Å². The van der Waals surface area contributed by atoms with Gasteiger partial charge in [0.25, 0.3) is 0 Å². The molecule has 0 fully saturated rings. The summed E-state index contributed by atoms with van der Waals surface area (Å²) in [7, 11) is 0.